The lowest BCUT2D eigenvalue weighted by Crippen LogP contribution is -2.34. The highest BCUT2D eigenvalue weighted by Gasteiger charge is 2.31. The summed E-state index contributed by atoms with van der Waals surface area (Å²) in [4.78, 5) is 161. The number of esters is 10. The van der Waals surface area contributed by atoms with Crippen LogP contribution in [0, 0.1) is 34.5 Å². The smallest absolute Gasteiger partial charge is 0.465 e. The molecule has 6 atom stereocenters. The number of carbonyl (C=O) groups excluding carboxylic acids is 14. The summed E-state index contributed by atoms with van der Waals surface area (Å²) >= 11 is 0. The maximum absolute atomic E-state index is 12.1. The number of aliphatic hydroxyl groups excluding tert-OH is 4. The Balaban J connectivity index is -0.000000624. The minimum atomic E-state index is -1.36. The summed E-state index contributed by atoms with van der Waals surface area (Å²) < 4.78 is 87.6. The van der Waals surface area contributed by atoms with Gasteiger partial charge in [-0.1, -0.05) is 0 Å². The molecule has 0 aliphatic carbocycles. The third kappa shape index (κ3) is 54.5. The molecule has 4 N–H and O–H groups in total. The normalized spacial score (nSPS) is 13.1. The molecule has 0 aliphatic rings. The highest BCUT2D eigenvalue weighted by atomic mass is 16.8. The first-order chi connectivity index (χ1) is 46.0. The van der Waals surface area contributed by atoms with Crippen molar-refractivity contribution in [2.24, 2.45) is 34.5 Å². The molecule has 0 saturated carbocycles. The van der Waals surface area contributed by atoms with Gasteiger partial charge in [0.2, 0.25) is 0 Å². The van der Waals surface area contributed by atoms with Crippen molar-refractivity contribution < 1.29 is 173 Å². The first-order valence-corrected chi connectivity index (χ1v) is 31.7. The van der Waals surface area contributed by atoms with E-state index in [4.69, 9.17) is 101 Å². The lowest BCUT2D eigenvalue weighted by atomic mass is 9.97. The van der Waals surface area contributed by atoms with Gasteiger partial charge in [-0.15, -0.1) is 0 Å². The summed E-state index contributed by atoms with van der Waals surface area (Å²) in [5, 5.41) is 35.8. The molecule has 36 heteroatoms. The van der Waals surface area contributed by atoms with Crippen LogP contribution in [-0.2, 0) is 133 Å². The van der Waals surface area contributed by atoms with Crippen molar-refractivity contribution in [1.29, 1.82) is 0 Å². The highest BCUT2D eigenvalue weighted by Crippen LogP contribution is 2.19. The fraction of sp³-hybridized carbons (Fsp3) is 0.781. The summed E-state index contributed by atoms with van der Waals surface area (Å²) in [6.07, 6.45) is -12.9. The minimum Gasteiger partial charge on any atom is -0.465 e. The molecule has 0 spiro atoms. The van der Waals surface area contributed by atoms with Crippen LogP contribution in [0.1, 0.15) is 152 Å². The van der Waals surface area contributed by atoms with Gasteiger partial charge in [-0.25, -0.2) is 47.9 Å². The second-order valence-corrected chi connectivity index (χ2v) is 25.0. The second-order valence-electron chi connectivity index (χ2n) is 25.0. The van der Waals surface area contributed by atoms with Crippen LogP contribution in [0.15, 0.2) is 0 Å². The summed E-state index contributed by atoms with van der Waals surface area (Å²) in [7, 11) is 0. The van der Waals surface area contributed by atoms with E-state index in [1.807, 2.05) is 0 Å². The summed E-state index contributed by atoms with van der Waals surface area (Å²) in [6, 6.07) is 0. The first-order valence-electron chi connectivity index (χ1n) is 31.7. The van der Waals surface area contributed by atoms with E-state index in [0.717, 1.165) is 0 Å². The monoisotopic (exact) mass is 1450 g/mol. The Morgan fingerprint density at radius 3 is 0.620 bits per heavy atom. The van der Waals surface area contributed by atoms with Gasteiger partial charge in [0.1, 0.15) is 71.7 Å². The van der Waals surface area contributed by atoms with Gasteiger partial charge in [0, 0.05) is 19.8 Å². The third-order valence-corrected chi connectivity index (χ3v) is 10.9. The predicted molar refractivity (Wildman–Crippen MR) is 340 cm³/mol. The van der Waals surface area contributed by atoms with E-state index >= 15 is 0 Å². The highest BCUT2D eigenvalue weighted by molar-refractivity contribution is 5.80. The zero-order chi connectivity index (χ0) is 78.4. The third-order valence-electron chi connectivity index (χ3n) is 10.9. The van der Waals surface area contributed by atoms with Crippen molar-refractivity contribution in [3.8, 4) is 0 Å². The molecule has 0 aliphatic heterocycles. The Kier molecular flexibility index (Phi) is 51.6. The molecule has 100 heavy (non-hydrogen) atoms. The average Bonchev–Trinajstić information content (AvgIpc) is 0.908. The van der Waals surface area contributed by atoms with E-state index < -0.39 is 162 Å². The van der Waals surface area contributed by atoms with Gasteiger partial charge in [0.15, 0.2) is 24.4 Å². The molecule has 0 saturated heterocycles. The maximum atomic E-state index is 12.1. The molecular formula is C64H108O36. The fourth-order valence-corrected chi connectivity index (χ4v) is 5.45. The van der Waals surface area contributed by atoms with Crippen LogP contribution in [0.25, 0.3) is 0 Å². The first kappa shape index (κ1) is 98.0. The largest absolute Gasteiger partial charge is 0.509 e. The SMILES string of the molecule is CC(=O)OCC(COC(C)=O)COC(=O)C(C)OC(=O)OC(C)C.CC(C)OC(=O)OC(C)C(=O)OCC(CO)CO.CC(C)OC(=O)OC(C)C(=O)OCC(COC(=O)C(C)(C)C)COC(=O)C(C)(C)C.CC(C)OC(=O)OC(C)C(=O)OCC(COC(=O)C(C)O)COC(=O)C(C)O. The molecule has 580 valence electrons. The molecule has 6 unspecified atom stereocenters. The standard InChI is InChI=1S/C21H36O9.C17H28O11.C15H24O9.C11H20O7/c1-13(2)29-19(25)30-14(3)16(22)26-10-15(11-27-17(23)20(4,5)6)12-28-18(24)21(7,8)9;1-9(2)27-17(23)28-12(5)16(22)26-8-13(6-24-14(20)10(3)18)7-25-15(21)11(4)19;1-9(2)23-15(19)24-10(3)14(18)22-8-13(6-20-11(4)16)7-21-12(5)17;1-7(2)17-11(15)18-8(3)10(14)16-6-9(4-12)5-13/h13-15H,10-12H2,1-9H3;9-13,18-19H,6-8H2,1-5H3;9-10,13H,6-8H2,1-5H3;7-9,12-13H,4-6H2,1-3H3. The van der Waals surface area contributed by atoms with E-state index in [-0.39, 0.29) is 97.6 Å². The molecule has 0 radical (unpaired) electrons. The van der Waals surface area contributed by atoms with Crippen LogP contribution >= 0.6 is 0 Å². The van der Waals surface area contributed by atoms with Gasteiger partial charge in [0.05, 0.1) is 72.8 Å². The quantitative estimate of drug-likeness (QED) is 0.0495. The molecule has 0 bridgehead atoms. The molecule has 0 amide bonds. The van der Waals surface area contributed by atoms with Gasteiger partial charge < -0.3 is 106 Å². The van der Waals surface area contributed by atoms with Crippen molar-refractivity contribution in [3.63, 3.8) is 0 Å². The molecule has 0 aromatic carbocycles. The van der Waals surface area contributed by atoms with Crippen LogP contribution in [0.4, 0.5) is 19.2 Å². The van der Waals surface area contributed by atoms with E-state index in [0.29, 0.717) is 0 Å². The Morgan fingerprint density at radius 1 is 0.270 bits per heavy atom. The van der Waals surface area contributed by atoms with E-state index in [2.05, 4.69) is 4.74 Å². The lowest BCUT2D eigenvalue weighted by Gasteiger charge is -2.23. The summed E-state index contributed by atoms with van der Waals surface area (Å²) in [5.41, 5.74) is -1.41. The van der Waals surface area contributed by atoms with E-state index in [9.17, 15) is 67.1 Å². The van der Waals surface area contributed by atoms with Crippen LogP contribution in [0.5, 0.6) is 0 Å². The van der Waals surface area contributed by atoms with Crippen molar-refractivity contribution in [3.05, 3.63) is 0 Å². The number of hydrogen-bond acceptors (Lipinski definition) is 36. The minimum absolute atomic E-state index is 0.0828. The molecule has 36 nitrogen and oxygen atoms in total. The van der Waals surface area contributed by atoms with Gasteiger partial charge in [-0.3, -0.25) is 19.2 Å². The van der Waals surface area contributed by atoms with Crippen molar-refractivity contribution in [1.82, 2.24) is 0 Å². The van der Waals surface area contributed by atoms with Gasteiger partial charge in [0.25, 0.3) is 0 Å². The van der Waals surface area contributed by atoms with Crippen LogP contribution in [-0.4, -0.2) is 245 Å². The van der Waals surface area contributed by atoms with Gasteiger partial charge in [-0.2, -0.15) is 0 Å². The molecule has 0 aromatic rings. The topological polar surface area (TPSA) is 486 Å². The Labute approximate surface area is 582 Å². The van der Waals surface area contributed by atoms with Crippen molar-refractivity contribution in [2.75, 3.05) is 79.3 Å². The number of carbonyl (C=O) groups is 14. The van der Waals surface area contributed by atoms with Crippen LogP contribution in [0.2, 0.25) is 0 Å². The molecule has 0 fully saturated rings. The Morgan fingerprint density at radius 2 is 0.450 bits per heavy atom. The predicted octanol–water partition coefficient (Wildman–Crippen LogP) is 4.52. The zero-order valence-corrected chi connectivity index (χ0v) is 61.4. The molecule has 0 aromatic heterocycles. The fourth-order valence-electron chi connectivity index (χ4n) is 5.45. The van der Waals surface area contributed by atoms with Crippen LogP contribution < -0.4 is 0 Å². The summed E-state index contributed by atoms with van der Waals surface area (Å²) in [6.45, 7) is 31.0. The number of aliphatic hydroxyl groups is 4. The van der Waals surface area contributed by atoms with E-state index in [1.165, 1.54) is 55.4 Å². The maximum Gasteiger partial charge on any atom is 0.509 e. The molecule has 0 heterocycles. The van der Waals surface area contributed by atoms with Gasteiger partial charge >= 0.3 is 84.3 Å². The van der Waals surface area contributed by atoms with Gasteiger partial charge in [-0.05, 0) is 138 Å². The van der Waals surface area contributed by atoms with E-state index in [1.54, 1.807) is 96.9 Å². The second kappa shape index (κ2) is 52.6. The number of ether oxygens (including phenoxy) is 18. The average molecular weight is 1450 g/mol. The van der Waals surface area contributed by atoms with Crippen molar-refractivity contribution >= 4 is 84.3 Å². The molecular weight excluding hydrogens is 1340 g/mol. The number of rotatable bonds is 36. The lowest BCUT2D eigenvalue weighted by molar-refractivity contribution is -0.165. The van der Waals surface area contributed by atoms with Crippen LogP contribution in [0.3, 0.4) is 0 Å². The Bertz CT molecular complexity index is 2420. The summed E-state index contributed by atoms with van der Waals surface area (Å²) in [5.74, 6) is -9.40. The Hall–Kier alpha value is -8.38. The molecule has 0 rings (SSSR count). The number of hydrogen-bond donors (Lipinski definition) is 4. The van der Waals surface area contributed by atoms with Crippen molar-refractivity contribution in [2.45, 2.75) is 213 Å². The zero-order valence-electron chi connectivity index (χ0n) is 61.4.